The molecule has 0 bridgehead atoms. The topological polar surface area (TPSA) is 58.2 Å². The fourth-order valence-electron chi connectivity index (χ4n) is 2.22. The smallest absolute Gasteiger partial charge is 0.241 e. The summed E-state index contributed by atoms with van der Waals surface area (Å²) in [5.41, 5.74) is 0.806. The number of benzene rings is 1. The summed E-state index contributed by atoms with van der Waals surface area (Å²) in [4.78, 5) is 0.389. The van der Waals surface area contributed by atoms with E-state index in [9.17, 15) is 8.42 Å². The molecule has 1 aromatic rings. The van der Waals surface area contributed by atoms with Gasteiger partial charge in [0.2, 0.25) is 10.0 Å². The molecule has 0 aliphatic carbocycles. The normalized spacial score (nSPS) is 20.4. The molecule has 2 N–H and O–H groups in total. The summed E-state index contributed by atoms with van der Waals surface area (Å²) in [7, 11) is -1.60. The molecule has 1 atom stereocenters. The summed E-state index contributed by atoms with van der Waals surface area (Å²) in [6.07, 6.45) is 2.01. The first-order valence-corrected chi connectivity index (χ1v) is 9.10. The Morgan fingerprint density at radius 1 is 1.37 bits per heavy atom. The molecule has 2 rings (SSSR count). The summed E-state index contributed by atoms with van der Waals surface area (Å²) in [6, 6.07) is 7.21. The summed E-state index contributed by atoms with van der Waals surface area (Å²) >= 11 is 1.81. The van der Waals surface area contributed by atoms with Crippen LogP contribution in [0, 0.1) is 0 Å². The maximum Gasteiger partial charge on any atom is 0.241 e. The standard InChI is InChI=1S/C13H20N2O2S2/c1-14-9-11-5-2-3-7-13(11)19(16,17)15-12-6-4-8-18-10-12/h2-3,5,7,12,14-15H,4,6,8-10H2,1H3. The van der Waals surface area contributed by atoms with Gasteiger partial charge in [-0.2, -0.15) is 11.8 Å². The summed E-state index contributed by atoms with van der Waals surface area (Å²) in [5.74, 6) is 2.00. The third kappa shape index (κ3) is 3.95. The number of thioether (sulfide) groups is 1. The van der Waals surface area contributed by atoms with E-state index in [1.54, 1.807) is 12.1 Å². The fourth-order valence-corrected chi connectivity index (χ4v) is 4.91. The Balaban J connectivity index is 2.18. The van der Waals surface area contributed by atoms with Crippen molar-refractivity contribution in [1.82, 2.24) is 10.0 Å². The highest BCUT2D eigenvalue weighted by Crippen LogP contribution is 2.21. The molecular weight excluding hydrogens is 280 g/mol. The predicted octanol–water partition coefficient (Wildman–Crippen LogP) is 1.58. The maximum atomic E-state index is 12.4. The minimum absolute atomic E-state index is 0.0615. The molecular formula is C13H20N2O2S2. The third-order valence-electron chi connectivity index (χ3n) is 3.11. The highest BCUT2D eigenvalue weighted by Gasteiger charge is 2.23. The van der Waals surface area contributed by atoms with Gasteiger partial charge in [0.25, 0.3) is 0 Å². The zero-order valence-corrected chi connectivity index (χ0v) is 12.7. The van der Waals surface area contributed by atoms with Crippen LogP contribution in [0.1, 0.15) is 18.4 Å². The van der Waals surface area contributed by atoms with E-state index in [-0.39, 0.29) is 6.04 Å². The molecule has 1 aliphatic rings. The van der Waals surface area contributed by atoms with E-state index >= 15 is 0 Å². The van der Waals surface area contributed by atoms with Crippen molar-refractivity contribution in [2.24, 2.45) is 0 Å². The van der Waals surface area contributed by atoms with Gasteiger partial charge in [-0.05, 0) is 37.3 Å². The lowest BCUT2D eigenvalue weighted by atomic mass is 10.2. The second-order valence-electron chi connectivity index (χ2n) is 4.67. The molecule has 1 saturated heterocycles. The average molecular weight is 300 g/mol. The molecule has 0 spiro atoms. The van der Waals surface area contributed by atoms with E-state index < -0.39 is 10.0 Å². The van der Waals surface area contributed by atoms with Crippen LogP contribution in [0.2, 0.25) is 0 Å². The zero-order chi connectivity index (χ0) is 13.7. The first-order chi connectivity index (χ1) is 9.13. The van der Waals surface area contributed by atoms with Crippen molar-refractivity contribution in [2.45, 2.75) is 30.3 Å². The Labute approximate surface area is 119 Å². The van der Waals surface area contributed by atoms with Crippen molar-refractivity contribution in [2.75, 3.05) is 18.6 Å². The molecule has 19 heavy (non-hydrogen) atoms. The van der Waals surface area contributed by atoms with Gasteiger partial charge in [-0.3, -0.25) is 0 Å². The number of sulfonamides is 1. The van der Waals surface area contributed by atoms with Gasteiger partial charge < -0.3 is 5.32 Å². The second kappa shape index (κ2) is 6.74. The number of rotatable bonds is 5. The molecule has 0 radical (unpaired) electrons. The van der Waals surface area contributed by atoms with Crippen molar-refractivity contribution < 1.29 is 8.42 Å². The van der Waals surface area contributed by atoms with Gasteiger partial charge in [-0.1, -0.05) is 18.2 Å². The molecule has 0 aromatic heterocycles. The second-order valence-corrected chi connectivity index (χ2v) is 7.51. The van der Waals surface area contributed by atoms with Crippen LogP contribution in [0.15, 0.2) is 29.2 Å². The van der Waals surface area contributed by atoms with Crippen LogP contribution in [-0.2, 0) is 16.6 Å². The van der Waals surface area contributed by atoms with Gasteiger partial charge in [0, 0.05) is 18.3 Å². The van der Waals surface area contributed by atoms with Crippen LogP contribution in [0.4, 0.5) is 0 Å². The van der Waals surface area contributed by atoms with Gasteiger partial charge in [0.05, 0.1) is 4.90 Å². The molecule has 1 unspecified atom stereocenters. The van der Waals surface area contributed by atoms with Crippen LogP contribution in [-0.4, -0.2) is 33.0 Å². The monoisotopic (exact) mass is 300 g/mol. The van der Waals surface area contributed by atoms with Crippen LogP contribution in [0.25, 0.3) is 0 Å². The van der Waals surface area contributed by atoms with E-state index in [1.165, 1.54) is 0 Å². The van der Waals surface area contributed by atoms with E-state index in [0.29, 0.717) is 11.4 Å². The van der Waals surface area contributed by atoms with Crippen LogP contribution in [0.5, 0.6) is 0 Å². The van der Waals surface area contributed by atoms with Gasteiger partial charge in [0.15, 0.2) is 0 Å². The Hall–Kier alpha value is -0.560. The molecule has 1 heterocycles. The molecule has 1 fully saturated rings. The van der Waals surface area contributed by atoms with E-state index in [2.05, 4.69) is 10.0 Å². The summed E-state index contributed by atoms with van der Waals surface area (Å²) in [5, 5.41) is 3.00. The molecule has 6 heteroatoms. The molecule has 0 saturated carbocycles. The summed E-state index contributed by atoms with van der Waals surface area (Å²) < 4.78 is 27.7. The first-order valence-electron chi connectivity index (χ1n) is 6.46. The number of hydrogen-bond donors (Lipinski definition) is 2. The van der Waals surface area contributed by atoms with Gasteiger partial charge in [-0.15, -0.1) is 0 Å². The maximum absolute atomic E-state index is 12.4. The Bertz CT molecular complexity index is 511. The van der Waals surface area contributed by atoms with Gasteiger partial charge in [0.1, 0.15) is 0 Å². The molecule has 1 aliphatic heterocycles. The lowest BCUT2D eigenvalue weighted by Gasteiger charge is -2.23. The fraction of sp³-hybridized carbons (Fsp3) is 0.538. The Morgan fingerprint density at radius 3 is 2.84 bits per heavy atom. The Morgan fingerprint density at radius 2 is 2.16 bits per heavy atom. The molecule has 4 nitrogen and oxygen atoms in total. The highest BCUT2D eigenvalue weighted by molar-refractivity contribution is 7.99. The first kappa shape index (κ1) is 14.8. The largest absolute Gasteiger partial charge is 0.316 e. The van der Waals surface area contributed by atoms with Crippen molar-refractivity contribution in [3.8, 4) is 0 Å². The van der Waals surface area contributed by atoms with Crippen LogP contribution < -0.4 is 10.0 Å². The predicted molar refractivity (Wildman–Crippen MR) is 79.9 cm³/mol. The number of hydrogen-bond acceptors (Lipinski definition) is 4. The van der Waals surface area contributed by atoms with Crippen molar-refractivity contribution in [3.63, 3.8) is 0 Å². The van der Waals surface area contributed by atoms with E-state index in [4.69, 9.17) is 0 Å². The van der Waals surface area contributed by atoms with Gasteiger partial charge in [-0.25, -0.2) is 13.1 Å². The minimum Gasteiger partial charge on any atom is -0.316 e. The van der Waals surface area contributed by atoms with Crippen molar-refractivity contribution in [3.05, 3.63) is 29.8 Å². The number of nitrogens with one attached hydrogen (secondary N) is 2. The van der Waals surface area contributed by atoms with Crippen molar-refractivity contribution >= 4 is 21.8 Å². The van der Waals surface area contributed by atoms with Crippen molar-refractivity contribution in [1.29, 1.82) is 0 Å². The highest BCUT2D eigenvalue weighted by atomic mass is 32.2. The van der Waals surface area contributed by atoms with E-state index in [1.807, 2.05) is 30.9 Å². The minimum atomic E-state index is -3.42. The summed E-state index contributed by atoms with van der Waals surface area (Å²) in [6.45, 7) is 0.552. The molecule has 0 amide bonds. The molecule has 1 aromatic carbocycles. The lowest BCUT2D eigenvalue weighted by molar-refractivity contribution is 0.542. The quantitative estimate of drug-likeness (QED) is 0.867. The Kier molecular flexibility index (Phi) is 5.27. The SMILES string of the molecule is CNCc1ccccc1S(=O)(=O)NC1CCCSC1. The average Bonchev–Trinajstić information content (AvgIpc) is 2.40. The van der Waals surface area contributed by atoms with E-state index in [0.717, 1.165) is 29.9 Å². The zero-order valence-electron chi connectivity index (χ0n) is 11.1. The lowest BCUT2D eigenvalue weighted by Crippen LogP contribution is -2.38. The van der Waals surface area contributed by atoms with Crippen LogP contribution >= 0.6 is 11.8 Å². The third-order valence-corrected chi connectivity index (χ3v) is 5.95. The molecule has 106 valence electrons. The van der Waals surface area contributed by atoms with Gasteiger partial charge >= 0.3 is 0 Å². The van der Waals surface area contributed by atoms with Crippen LogP contribution in [0.3, 0.4) is 0 Å².